The first-order chi connectivity index (χ1) is 20.1. The van der Waals surface area contributed by atoms with Gasteiger partial charge in [-0.25, -0.2) is 0 Å². The number of likely N-dealkylation sites (tertiary alicyclic amines) is 1. The van der Waals surface area contributed by atoms with Crippen LogP contribution in [0, 0.1) is 32.1 Å². The first kappa shape index (κ1) is 27.3. The number of phenols is 2. The van der Waals surface area contributed by atoms with Gasteiger partial charge >= 0.3 is 0 Å². The Morgan fingerprint density at radius 2 is 1.83 bits per heavy atom. The van der Waals surface area contributed by atoms with Gasteiger partial charge in [0.25, 0.3) is 0 Å². The lowest BCUT2D eigenvalue weighted by Gasteiger charge is -2.60. The van der Waals surface area contributed by atoms with Crippen molar-refractivity contribution in [2.24, 2.45) is 0 Å². The van der Waals surface area contributed by atoms with E-state index in [0.29, 0.717) is 35.7 Å². The van der Waals surface area contributed by atoms with Gasteiger partial charge in [0.1, 0.15) is 17.5 Å². The third-order valence-electron chi connectivity index (χ3n) is 10.8. The highest BCUT2D eigenvalue weighted by Gasteiger charge is 2.56. The molecule has 6 atom stereocenters. The lowest BCUT2D eigenvalue weighted by Crippen LogP contribution is -2.68. The molecule has 2 saturated heterocycles. The van der Waals surface area contributed by atoms with Crippen LogP contribution in [0.15, 0.2) is 6.07 Å². The number of likely N-dealkylation sites (N-methyl/N-ethyl adjacent to an activating group) is 2. The van der Waals surface area contributed by atoms with E-state index in [4.69, 9.17) is 9.47 Å². The summed E-state index contributed by atoms with van der Waals surface area (Å²) < 4.78 is 11.9. The summed E-state index contributed by atoms with van der Waals surface area (Å²) in [4.78, 5) is 20.0. The fourth-order valence-electron chi connectivity index (χ4n) is 8.46. The molecular weight excluding hydrogens is 534 g/mol. The van der Waals surface area contributed by atoms with Crippen molar-refractivity contribution >= 4 is 5.91 Å². The number of carbonyl (C=O) groups is 1. The molecule has 1 amide bonds. The van der Waals surface area contributed by atoms with E-state index in [0.717, 1.165) is 52.8 Å². The van der Waals surface area contributed by atoms with Crippen molar-refractivity contribution in [1.82, 2.24) is 20.0 Å². The minimum absolute atomic E-state index is 0.0271. The summed E-state index contributed by atoms with van der Waals surface area (Å²) >= 11 is 0. The fraction of sp³-hybridized carbons (Fsp3) is 0.562. The Labute approximate surface area is 246 Å². The Morgan fingerprint density at radius 1 is 1.07 bits per heavy atom. The van der Waals surface area contributed by atoms with E-state index in [9.17, 15) is 20.3 Å². The number of fused-ring (bicyclic) bond motifs is 9. The molecule has 0 aromatic heterocycles. The number of amides is 1. The molecule has 2 aromatic carbocycles. The molecular formula is C32H39N5O5. The van der Waals surface area contributed by atoms with E-state index in [2.05, 4.69) is 32.2 Å². The molecule has 0 aliphatic carbocycles. The summed E-state index contributed by atoms with van der Waals surface area (Å²) in [6.45, 7) is 6.99. The highest BCUT2D eigenvalue weighted by Crippen LogP contribution is 2.57. The number of nitriles is 1. The third-order valence-corrected chi connectivity index (χ3v) is 10.8. The highest BCUT2D eigenvalue weighted by atomic mass is 16.7. The molecule has 0 radical (unpaired) electrons. The smallest absolute Gasteiger partial charge is 0.237 e. The van der Waals surface area contributed by atoms with Crippen molar-refractivity contribution in [3.05, 3.63) is 45.0 Å². The number of hydrogen-bond acceptors (Lipinski definition) is 9. The summed E-state index contributed by atoms with van der Waals surface area (Å²) in [5, 5.41) is 37.0. The van der Waals surface area contributed by atoms with Crippen molar-refractivity contribution in [2.75, 3.05) is 34.0 Å². The zero-order valence-electron chi connectivity index (χ0n) is 24.9. The molecule has 222 valence electrons. The van der Waals surface area contributed by atoms with E-state index < -0.39 is 12.1 Å². The van der Waals surface area contributed by atoms with Gasteiger partial charge in [0.15, 0.2) is 11.5 Å². The van der Waals surface area contributed by atoms with Crippen LogP contribution in [0.4, 0.5) is 0 Å². The van der Waals surface area contributed by atoms with E-state index in [-0.39, 0.29) is 49.2 Å². The number of benzene rings is 2. The van der Waals surface area contributed by atoms with Crippen molar-refractivity contribution in [2.45, 2.75) is 82.7 Å². The molecule has 1 unspecified atom stereocenters. The monoisotopic (exact) mass is 573 g/mol. The lowest BCUT2D eigenvalue weighted by atomic mass is 9.71. The predicted molar refractivity (Wildman–Crippen MR) is 155 cm³/mol. The minimum atomic E-state index is -0.487. The SMILES string of the molecule is Cc1cc2c(c(O)c1C)[C@@H]1C3Cc4c(O)c(C)c5c(c4[C@H](CNC(=O)[C@@H]4CCCN4C)N3[C@@H](C#N)[C@H](C2)N1C)OCO5. The first-order valence-corrected chi connectivity index (χ1v) is 15.0. The molecule has 7 rings (SSSR count). The number of rotatable bonds is 3. The van der Waals surface area contributed by atoms with Crippen LogP contribution in [0.2, 0.25) is 0 Å². The lowest BCUT2D eigenvalue weighted by molar-refractivity contribution is -0.126. The first-order valence-electron chi connectivity index (χ1n) is 15.0. The van der Waals surface area contributed by atoms with Gasteiger partial charge in [-0.1, -0.05) is 6.07 Å². The van der Waals surface area contributed by atoms with Crippen molar-refractivity contribution in [3.63, 3.8) is 0 Å². The second-order valence-corrected chi connectivity index (χ2v) is 12.7. The Morgan fingerprint density at radius 3 is 2.55 bits per heavy atom. The summed E-state index contributed by atoms with van der Waals surface area (Å²) in [6, 6.07) is 3.12. The number of ether oxygens (including phenoxy) is 2. The topological polar surface area (TPSA) is 122 Å². The van der Waals surface area contributed by atoms with Gasteiger partial charge in [-0.3, -0.25) is 19.5 Å². The maximum Gasteiger partial charge on any atom is 0.237 e. The molecule has 0 spiro atoms. The second-order valence-electron chi connectivity index (χ2n) is 12.7. The molecule has 0 saturated carbocycles. The molecule has 2 aromatic rings. The number of hydrogen-bond donors (Lipinski definition) is 3. The molecule has 5 aliphatic heterocycles. The number of piperazine rings is 1. The van der Waals surface area contributed by atoms with E-state index in [1.54, 1.807) is 0 Å². The van der Waals surface area contributed by atoms with E-state index in [1.807, 2.05) is 34.9 Å². The Balaban J connectivity index is 1.39. The zero-order valence-corrected chi connectivity index (χ0v) is 24.9. The minimum Gasteiger partial charge on any atom is -0.507 e. The summed E-state index contributed by atoms with van der Waals surface area (Å²) in [5.41, 5.74) is 6.04. The average Bonchev–Trinajstić information content (AvgIpc) is 3.63. The third kappa shape index (κ3) is 3.70. The van der Waals surface area contributed by atoms with Crippen LogP contribution < -0.4 is 14.8 Å². The van der Waals surface area contributed by atoms with Crippen molar-refractivity contribution in [1.29, 1.82) is 5.26 Å². The molecule has 2 bridgehead atoms. The van der Waals surface area contributed by atoms with Gasteiger partial charge in [-0.15, -0.1) is 0 Å². The van der Waals surface area contributed by atoms with Crippen LogP contribution >= 0.6 is 0 Å². The zero-order chi connectivity index (χ0) is 29.6. The average molecular weight is 574 g/mol. The van der Waals surface area contributed by atoms with Gasteiger partial charge in [0.05, 0.1) is 24.2 Å². The Bertz CT molecular complexity index is 1530. The van der Waals surface area contributed by atoms with Crippen LogP contribution in [0.3, 0.4) is 0 Å². The summed E-state index contributed by atoms with van der Waals surface area (Å²) in [6.07, 6.45) is 2.88. The standard InChI is InChI=1S/C32H39N5O5/c1-15-9-18-10-21-23(12-33)37-22(27(36(21)5)25(18)29(39)16(15)2)11-19-26(31-30(41-14-42-31)17(3)28(19)38)24(37)13-34-32(40)20-7-6-8-35(20)4/h9,20-24,27,38-39H,6-8,10-11,13-14H2,1-5H3,(H,34,40)/t20-,21-,22?,23-,24-,27-/m0/s1. The van der Waals surface area contributed by atoms with Crippen molar-refractivity contribution < 1.29 is 24.5 Å². The number of nitrogens with zero attached hydrogens (tertiary/aromatic N) is 4. The van der Waals surface area contributed by atoms with Gasteiger partial charge in [0, 0.05) is 40.9 Å². The molecule has 10 heteroatoms. The maximum absolute atomic E-state index is 13.4. The van der Waals surface area contributed by atoms with Gasteiger partial charge in [-0.05, 0) is 83.8 Å². The van der Waals surface area contributed by atoms with Crippen LogP contribution in [-0.4, -0.2) is 89.0 Å². The molecule has 10 nitrogen and oxygen atoms in total. The number of carbonyl (C=O) groups excluding carboxylic acids is 1. The Kier molecular flexibility index (Phi) is 6.35. The van der Waals surface area contributed by atoms with E-state index >= 15 is 0 Å². The predicted octanol–water partition coefficient (Wildman–Crippen LogP) is 2.73. The molecule has 5 aliphatic rings. The quantitative estimate of drug-likeness (QED) is 0.509. The number of aromatic hydroxyl groups is 2. The molecule has 5 heterocycles. The van der Waals surface area contributed by atoms with Crippen LogP contribution in [0.5, 0.6) is 23.0 Å². The maximum atomic E-state index is 13.4. The van der Waals surface area contributed by atoms with E-state index in [1.165, 1.54) is 0 Å². The van der Waals surface area contributed by atoms with Crippen LogP contribution in [0.1, 0.15) is 63.9 Å². The van der Waals surface area contributed by atoms with Gasteiger partial charge in [-0.2, -0.15) is 5.26 Å². The van der Waals surface area contributed by atoms with Gasteiger partial charge in [0.2, 0.25) is 12.7 Å². The number of phenolic OH excluding ortho intramolecular Hbond substituents is 2. The fourth-order valence-corrected chi connectivity index (χ4v) is 8.46. The molecule has 2 fully saturated rings. The molecule has 42 heavy (non-hydrogen) atoms. The normalized spacial score (nSPS) is 29.9. The largest absolute Gasteiger partial charge is 0.507 e. The van der Waals surface area contributed by atoms with Crippen LogP contribution in [0.25, 0.3) is 0 Å². The number of nitrogens with one attached hydrogen (secondary N) is 1. The van der Waals surface area contributed by atoms with Crippen LogP contribution in [-0.2, 0) is 17.6 Å². The summed E-state index contributed by atoms with van der Waals surface area (Å²) in [5.74, 6) is 1.56. The second kappa shape index (κ2) is 9.76. The van der Waals surface area contributed by atoms with Gasteiger partial charge < -0.3 is 25.0 Å². The highest BCUT2D eigenvalue weighted by molar-refractivity contribution is 5.82. The Hall–Kier alpha value is -3.52. The van der Waals surface area contributed by atoms with Crippen molar-refractivity contribution in [3.8, 4) is 29.1 Å². The molecule has 3 N–H and O–H groups in total. The number of aryl methyl sites for hydroxylation is 1. The summed E-state index contributed by atoms with van der Waals surface area (Å²) in [7, 11) is 4.02.